The van der Waals surface area contributed by atoms with Crippen LogP contribution >= 0.6 is 0 Å². The van der Waals surface area contributed by atoms with Gasteiger partial charge in [-0.25, -0.2) is 0 Å². The number of hydrogen-bond donors (Lipinski definition) is 4. The summed E-state index contributed by atoms with van der Waals surface area (Å²) in [7, 11) is 1.60. The van der Waals surface area contributed by atoms with Crippen LogP contribution in [0.1, 0.15) is 25.3 Å². The Bertz CT molecular complexity index is 846. The minimum atomic E-state index is -0.122. The molecule has 1 heterocycles. The Kier molecular flexibility index (Phi) is 8.44. The molecule has 1 atom stereocenters. The molecule has 1 saturated heterocycles. The van der Waals surface area contributed by atoms with E-state index in [1.165, 1.54) is 31.5 Å². The molecule has 7 nitrogen and oxygen atoms in total. The van der Waals surface area contributed by atoms with E-state index in [-0.39, 0.29) is 24.9 Å². The van der Waals surface area contributed by atoms with Gasteiger partial charge in [-0.05, 0) is 43.3 Å². The van der Waals surface area contributed by atoms with Crippen LogP contribution in [0.25, 0.3) is 0 Å². The Balaban J connectivity index is 1.44. The standard InChI is InChI=1S/C24H32N4O3/c1-3-27(18-24(30)26-21-10-12-22(31-2)13-11-21)17-23(29)25-20-8-6-19(7-9-20)16-28-14-4-5-15-28/h6-13H,3-5,14-18H2,1-2H3,(H,25,29)(H,26,30)/p+2. The molecule has 2 aromatic carbocycles. The number of rotatable bonds is 10. The van der Waals surface area contributed by atoms with Gasteiger partial charge >= 0.3 is 0 Å². The fourth-order valence-corrected chi connectivity index (χ4v) is 3.90. The first-order chi connectivity index (χ1) is 15.1. The van der Waals surface area contributed by atoms with Crippen LogP contribution in [0.5, 0.6) is 5.75 Å². The average Bonchev–Trinajstić information content (AvgIpc) is 3.28. The topological polar surface area (TPSA) is 76.3 Å². The maximum atomic E-state index is 12.5. The molecule has 1 unspecified atom stereocenters. The van der Waals surface area contributed by atoms with Gasteiger partial charge in [-0.15, -0.1) is 0 Å². The molecule has 0 spiro atoms. The quantitative estimate of drug-likeness (QED) is 0.443. The molecule has 4 N–H and O–H groups in total. The summed E-state index contributed by atoms with van der Waals surface area (Å²) in [5.74, 6) is 0.524. The Hall–Kier alpha value is -2.90. The third kappa shape index (κ3) is 7.38. The molecule has 0 bridgehead atoms. The molecule has 0 aromatic heterocycles. The van der Waals surface area contributed by atoms with Crippen LogP contribution in [-0.4, -0.2) is 51.6 Å². The molecule has 2 aromatic rings. The SMILES string of the molecule is CC[NH+](CC(=O)Nc1ccc(C[NH+]2CCCC2)cc1)CC(=O)Nc1ccc(OC)cc1. The number of nitrogens with one attached hydrogen (secondary N) is 4. The third-order valence-corrected chi connectivity index (χ3v) is 5.70. The predicted molar refractivity (Wildman–Crippen MR) is 122 cm³/mol. The second kappa shape index (κ2) is 11.5. The first-order valence-electron chi connectivity index (χ1n) is 11.1. The summed E-state index contributed by atoms with van der Waals surface area (Å²) in [6.07, 6.45) is 2.63. The van der Waals surface area contributed by atoms with Crippen LogP contribution in [0.4, 0.5) is 11.4 Å². The van der Waals surface area contributed by atoms with Gasteiger partial charge in [0.1, 0.15) is 12.3 Å². The van der Waals surface area contributed by atoms with E-state index < -0.39 is 0 Å². The molecule has 2 amide bonds. The van der Waals surface area contributed by atoms with Crippen molar-refractivity contribution in [2.45, 2.75) is 26.3 Å². The van der Waals surface area contributed by atoms with Crippen LogP contribution in [-0.2, 0) is 16.1 Å². The van der Waals surface area contributed by atoms with Crippen molar-refractivity contribution in [3.05, 3.63) is 54.1 Å². The van der Waals surface area contributed by atoms with Crippen molar-refractivity contribution < 1.29 is 24.1 Å². The lowest BCUT2D eigenvalue weighted by Crippen LogP contribution is -3.13. The summed E-state index contributed by atoms with van der Waals surface area (Å²) in [6.45, 7) is 6.67. The molecule has 0 aliphatic carbocycles. The lowest BCUT2D eigenvalue weighted by Gasteiger charge is -2.17. The number of likely N-dealkylation sites (tertiary alicyclic amines) is 1. The number of carbonyl (C=O) groups excluding carboxylic acids is 2. The van der Waals surface area contributed by atoms with Crippen molar-refractivity contribution in [3.63, 3.8) is 0 Å². The van der Waals surface area contributed by atoms with Crippen LogP contribution < -0.4 is 25.2 Å². The molecular weight excluding hydrogens is 392 g/mol. The van der Waals surface area contributed by atoms with Crippen LogP contribution in [0.3, 0.4) is 0 Å². The highest BCUT2D eigenvalue weighted by atomic mass is 16.5. The monoisotopic (exact) mass is 426 g/mol. The summed E-state index contributed by atoms with van der Waals surface area (Å²) in [6, 6.07) is 15.3. The average molecular weight is 427 g/mol. The maximum Gasteiger partial charge on any atom is 0.279 e. The summed E-state index contributed by atoms with van der Waals surface area (Å²) >= 11 is 0. The first-order valence-corrected chi connectivity index (χ1v) is 11.1. The smallest absolute Gasteiger partial charge is 0.279 e. The summed E-state index contributed by atoms with van der Waals surface area (Å²) in [5.41, 5.74) is 2.80. The number of carbonyl (C=O) groups is 2. The Morgan fingerprint density at radius 1 is 0.903 bits per heavy atom. The number of likely N-dealkylation sites (N-methyl/N-ethyl adjacent to an activating group) is 1. The largest absolute Gasteiger partial charge is 0.497 e. The van der Waals surface area contributed by atoms with Crippen LogP contribution in [0.2, 0.25) is 0 Å². The second-order valence-electron chi connectivity index (χ2n) is 8.11. The molecule has 3 rings (SSSR count). The summed E-state index contributed by atoms with van der Waals surface area (Å²) < 4.78 is 5.12. The van der Waals surface area contributed by atoms with Gasteiger partial charge in [0.15, 0.2) is 13.1 Å². The summed E-state index contributed by atoms with van der Waals surface area (Å²) in [4.78, 5) is 27.4. The van der Waals surface area contributed by atoms with E-state index in [1.54, 1.807) is 36.3 Å². The van der Waals surface area contributed by atoms with Crippen molar-refractivity contribution in [2.75, 3.05) is 50.5 Å². The molecule has 1 fully saturated rings. The molecular formula is C24H34N4O3+2. The fourth-order valence-electron chi connectivity index (χ4n) is 3.90. The highest BCUT2D eigenvalue weighted by molar-refractivity contribution is 5.93. The maximum absolute atomic E-state index is 12.5. The molecule has 0 radical (unpaired) electrons. The molecule has 7 heteroatoms. The molecule has 1 aliphatic rings. The van der Waals surface area contributed by atoms with Gasteiger partial charge in [-0.3, -0.25) is 9.59 Å². The lowest BCUT2D eigenvalue weighted by molar-refractivity contribution is -0.901. The minimum absolute atomic E-state index is 0.0907. The molecule has 0 saturated carbocycles. The van der Waals surface area contributed by atoms with Gasteiger partial charge in [-0.2, -0.15) is 0 Å². The summed E-state index contributed by atoms with van der Waals surface area (Å²) in [5, 5.41) is 5.82. The van der Waals surface area contributed by atoms with E-state index in [2.05, 4.69) is 22.8 Å². The lowest BCUT2D eigenvalue weighted by atomic mass is 10.2. The van der Waals surface area contributed by atoms with Crippen molar-refractivity contribution in [1.82, 2.24) is 0 Å². The van der Waals surface area contributed by atoms with Crippen molar-refractivity contribution in [2.24, 2.45) is 0 Å². The minimum Gasteiger partial charge on any atom is -0.497 e. The number of hydrogen-bond acceptors (Lipinski definition) is 3. The molecule has 31 heavy (non-hydrogen) atoms. The van der Waals surface area contributed by atoms with E-state index in [0.717, 1.165) is 22.9 Å². The normalized spacial score (nSPS) is 14.8. The Morgan fingerprint density at radius 3 is 1.90 bits per heavy atom. The first kappa shape index (κ1) is 22.8. The number of ether oxygens (including phenoxy) is 1. The van der Waals surface area contributed by atoms with Crippen molar-refractivity contribution >= 4 is 23.2 Å². The fraction of sp³-hybridized carbons (Fsp3) is 0.417. The van der Waals surface area contributed by atoms with Crippen LogP contribution in [0, 0.1) is 0 Å². The number of quaternary nitrogens is 2. The predicted octanol–water partition coefficient (Wildman–Crippen LogP) is 0.356. The van der Waals surface area contributed by atoms with E-state index >= 15 is 0 Å². The van der Waals surface area contributed by atoms with Gasteiger partial charge in [0, 0.05) is 29.8 Å². The van der Waals surface area contributed by atoms with E-state index in [0.29, 0.717) is 12.2 Å². The van der Waals surface area contributed by atoms with Crippen LogP contribution in [0.15, 0.2) is 48.5 Å². The highest BCUT2D eigenvalue weighted by Crippen LogP contribution is 2.14. The third-order valence-electron chi connectivity index (χ3n) is 5.70. The highest BCUT2D eigenvalue weighted by Gasteiger charge is 2.18. The number of methoxy groups -OCH3 is 1. The number of anilines is 2. The molecule has 166 valence electrons. The Morgan fingerprint density at radius 2 is 1.42 bits per heavy atom. The zero-order chi connectivity index (χ0) is 22.1. The zero-order valence-electron chi connectivity index (χ0n) is 18.5. The number of amides is 2. The van der Waals surface area contributed by atoms with Crippen molar-refractivity contribution in [3.8, 4) is 5.75 Å². The van der Waals surface area contributed by atoms with Crippen molar-refractivity contribution in [1.29, 1.82) is 0 Å². The number of benzene rings is 2. The van der Waals surface area contributed by atoms with E-state index in [1.807, 2.05) is 19.1 Å². The van der Waals surface area contributed by atoms with Gasteiger partial charge < -0.3 is 25.2 Å². The zero-order valence-corrected chi connectivity index (χ0v) is 18.5. The van der Waals surface area contributed by atoms with Gasteiger partial charge in [-0.1, -0.05) is 12.1 Å². The molecule has 1 aliphatic heterocycles. The van der Waals surface area contributed by atoms with Gasteiger partial charge in [0.05, 0.1) is 26.7 Å². The van der Waals surface area contributed by atoms with Gasteiger partial charge in [0.25, 0.3) is 11.8 Å². The van der Waals surface area contributed by atoms with Gasteiger partial charge in [0.2, 0.25) is 0 Å². The van der Waals surface area contributed by atoms with E-state index in [9.17, 15) is 9.59 Å². The Labute approximate surface area is 184 Å². The van der Waals surface area contributed by atoms with E-state index in [4.69, 9.17) is 4.74 Å². The second-order valence-corrected chi connectivity index (χ2v) is 8.11.